The van der Waals surface area contributed by atoms with Crippen molar-refractivity contribution < 1.29 is 26.7 Å². The lowest BCUT2D eigenvalue weighted by atomic mass is 9.99. The molecule has 2 unspecified atom stereocenters. The topological polar surface area (TPSA) is 41.1 Å². The number of nitrogens with one attached hydrogen (secondary N) is 2. The number of amides is 1. The Labute approximate surface area is 94.7 Å². The number of carbonyl (C=O) groups excluding carboxylic acids is 1. The van der Waals surface area contributed by atoms with Gasteiger partial charge in [0.1, 0.15) is 0 Å². The van der Waals surface area contributed by atoms with Gasteiger partial charge in [0, 0.05) is 12.1 Å². The van der Waals surface area contributed by atoms with E-state index in [-0.39, 0.29) is 6.04 Å². The summed E-state index contributed by atoms with van der Waals surface area (Å²) in [5.74, 6) is -7.63. The third-order valence-corrected chi connectivity index (χ3v) is 2.72. The first-order valence-electron chi connectivity index (χ1n) is 5.15. The van der Waals surface area contributed by atoms with E-state index in [0.717, 1.165) is 0 Å². The summed E-state index contributed by atoms with van der Waals surface area (Å²) in [6.07, 6.45) is -4.86. The van der Waals surface area contributed by atoms with Gasteiger partial charge in [-0.25, -0.2) is 0 Å². The van der Waals surface area contributed by atoms with Crippen molar-refractivity contribution in [3.63, 3.8) is 0 Å². The standard InChI is InChI=1S/C9H13F5N2O/c1-5-6(3-2-4-15-5)16-7(17)8(10,11)9(12,13)14/h5-6,15H,2-4H2,1H3,(H,16,17). The molecule has 0 radical (unpaired) electrons. The van der Waals surface area contributed by atoms with Crippen LogP contribution in [0.4, 0.5) is 22.0 Å². The zero-order valence-corrected chi connectivity index (χ0v) is 9.07. The second-order valence-electron chi connectivity index (χ2n) is 4.04. The van der Waals surface area contributed by atoms with Gasteiger partial charge in [-0.05, 0) is 26.3 Å². The van der Waals surface area contributed by atoms with E-state index >= 15 is 0 Å². The van der Waals surface area contributed by atoms with Gasteiger partial charge in [0.15, 0.2) is 0 Å². The molecule has 2 N–H and O–H groups in total. The largest absolute Gasteiger partial charge is 0.463 e. The van der Waals surface area contributed by atoms with Crippen LogP contribution in [0.3, 0.4) is 0 Å². The lowest BCUT2D eigenvalue weighted by Gasteiger charge is -2.32. The zero-order chi connectivity index (χ0) is 13.3. The van der Waals surface area contributed by atoms with Crippen LogP contribution >= 0.6 is 0 Å². The summed E-state index contributed by atoms with van der Waals surface area (Å²) in [6.45, 7) is 2.28. The van der Waals surface area contributed by atoms with Crippen LogP contribution in [-0.2, 0) is 4.79 Å². The molecule has 1 heterocycles. The monoisotopic (exact) mass is 260 g/mol. The first-order chi connectivity index (χ1) is 7.66. The Bertz CT molecular complexity index is 292. The van der Waals surface area contributed by atoms with Gasteiger partial charge in [0.05, 0.1) is 0 Å². The van der Waals surface area contributed by atoms with Gasteiger partial charge in [0.2, 0.25) is 0 Å². The Balaban J connectivity index is 2.65. The van der Waals surface area contributed by atoms with Crippen LogP contribution in [0.1, 0.15) is 19.8 Å². The fourth-order valence-electron chi connectivity index (χ4n) is 1.63. The molecule has 1 aliphatic rings. The Morgan fingerprint density at radius 2 is 1.88 bits per heavy atom. The number of piperidine rings is 1. The Kier molecular flexibility index (Phi) is 3.95. The van der Waals surface area contributed by atoms with Crippen molar-refractivity contribution in [3.05, 3.63) is 0 Å². The Hall–Kier alpha value is -0.920. The third-order valence-electron chi connectivity index (χ3n) is 2.72. The molecule has 1 fully saturated rings. The molecule has 8 heteroatoms. The first-order valence-corrected chi connectivity index (χ1v) is 5.15. The van der Waals surface area contributed by atoms with Gasteiger partial charge < -0.3 is 10.6 Å². The Morgan fingerprint density at radius 1 is 1.29 bits per heavy atom. The highest BCUT2D eigenvalue weighted by molar-refractivity contribution is 5.84. The van der Waals surface area contributed by atoms with E-state index in [1.807, 2.05) is 0 Å². The highest BCUT2D eigenvalue weighted by Gasteiger charge is 2.63. The summed E-state index contributed by atoms with van der Waals surface area (Å²) in [5.41, 5.74) is 0. The highest BCUT2D eigenvalue weighted by atomic mass is 19.4. The van der Waals surface area contributed by atoms with Crippen molar-refractivity contribution in [1.82, 2.24) is 10.6 Å². The van der Waals surface area contributed by atoms with Crippen LogP contribution in [-0.4, -0.2) is 36.6 Å². The molecule has 0 saturated carbocycles. The lowest BCUT2D eigenvalue weighted by molar-refractivity contribution is -0.270. The molecule has 0 aromatic heterocycles. The van der Waals surface area contributed by atoms with Crippen LogP contribution in [0, 0.1) is 0 Å². The van der Waals surface area contributed by atoms with E-state index in [1.165, 1.54) is 0 Å². The van der Waals surface area contributed by atoms with Crippen LogP contribution in [0.5, 0.6) is 0 Å². The van der Waals surface area contributed by atoms with Gasteiger partial charge >= 0.3 is 18.0 Å². The molecule has 0 aromatic rings. The third kappa shape index (κ3) is 3.05. The minimum absolute atomic E-state index is 0.322. The number of carbonyl (C=O) groups is 1. The maximum atomic E-state index is 12.6. The van der Waals surface area contributed by atoms with Crippen LogP contribution in [0.15, 0.2) is 0 Å². The summed E-state index contributed by atoms with van der Waals surface area (Å²) in [4.78, 5) is 10.9. The summed E-state index contributed by atoms with van der Waals surface area (Å²) in [5, 5.41) is 4.63. The van der Waals surface area contributed by atoms with Crippen molar-refractivity contribution in [2.75, 3.05) is 6.54 Å². The second kappa shape index (κ2) is 4.75. The molecule has 2 atom stereocenters. The number of rotatable bonds is 2. The van der Waals surface area contributed by atoms with Crippen LogP contribution in [0.2, 0.25) is 0 Å². The highest BCUT2D eigenvalue weighted by Crippen LogP contribution is 2.35. The summed E-state index contributed by atoms with van der Waals surface area (Å²) < 4.78 is 61.0. The average Bonchev–Trinajstić information content (AvgIpc) is 2.19. The first kappa shape index (κ1) is 14.1. The fourth-order valence-corrected chi connectivity index (χ4v) is 1.63. The summed E-state index contributed by atoms with van der Waals surface area (Å²) in [7, 11) is 0. The van der Waals surface area contributed by atoms with Gasteiger partial charge in [0.25, 0.3) is 0 Å². The van der Waals surface area contributed by atoms with Crippen LogP contribution < -0.4 is 10.6 Å². The van der Waals surface area contributed by atoms with Gasteiger partial charge in [-0.1, -0.05) is 0 Å². The smallest absolute Gasteiger partial charge is 0.346 e. The summed E-state index contributed by atoms with van der Waals surface area (Å²) in [6, 6.07) is -1.03. The summed E-state index contributed by atoms with van der Waals surface area (Å²) >= 11 is 0. The predicted octanol–water partition coefficient (Wildman–Crippen LogP) is 1.44. The molecule has 3 nitrogen and oxygen atoms in total. The maximum Gasteiger partial charge on any atom is 0.463 e. The van der Waals surface area contributed by atoms with E-state index < -0.39 is 24.0 Å². The number of alkyl halides is 5. The molecular formula is C9H13F5N2O. The van der Waals surface area contributed by atoms with Gasteiger partial charge in [-0.3, -0.25) is 4.79 Å². The van der Waals surface area contributed by atoms with Crippen LogP contribution in [0.25, 0.3) is 0 Å². The minimum Gasteiger partial charge on any atom is -0.346 e. The molecular weight excluding hydrogens is 247 g/mol. The van der Waals surface area contributed by atoms with Crippen molar-refractivity contribution in [2.24, 2.45) is 0 Å². The van der Waals surface area contributed by atoms with Gasteiger partial charge in [-0.15, -0.1) is 0 Å². The molecule has 100 valence electrons. The molecule has 0 bridgehead atoms. The normalized spacial score (nSPS) is 26.7. The lowest BCUT2D eigenvalue weighted by Crippen LogP contribution is -2.58. The quantitative estimate of drug-likeness (QED) is 0.738. The SMILES string of the molecule is CC1NCCCC1NC(=O)C(F)(F)C(F)(F)F. The molecule has 1 rings (SSSR count). The van der Waals surface area contributed by atoms with Crippen molar-refractivity contribution in [2.45, 2.75) is 43.9 Å². The van der Waals surface area contributed by atoms with Crippen molar-refractivity contribution >= 4 is 5.91 Å². The predicted molar refractivity (Wildman–Crippen MR) is 49.6 cm³/mol. The fraction of sp³-hybridized carbons (Fsp3) is 0.889. The number of hydrogen-bond donors (Lipinski definition) is 2. The molecule has 1 aliphatic heterocycles. The van der Waals surface area contributed by atoms with E-state index in [9.17, 15) is 26.7 Å². The molecule has 17 heavy (non-hydrogen) atoms. The van der Waals surface area contributed by atoms with E-state index in [2.05, 4.69) is 5.32 Å². The number of halogens is 5. The average molecular weight is 260 g/mol. The Morgan fingerprint density at radius 3 is 2.35 bits per heavy atom. The van der Waals surface area contributed by atoms with Crippen molar-refractivity contribution in [1.29, 1.82) is 0 Å². The van der Waals surface area contributed by atoms with Gasteiger partial charge in [-0.2, -0.15) is 22.0 Å². The molecule has 1 saturated heterocycles. The number of hydrogen-bond acceptors (Lipinski definition) is 2. The van der Waals surface area contributed by atoms with E-state index in [4.69, 9.17) is 0 Å². The van der Waals surface area contributed by atoms with E-state index in [1.54, 1.807) is 12.2 Å². The molecule has 0 spiro atoms. The van der Waals surface area contributed by atoms with Crippen molar-refractivity contribution in [3.8, 4) is 0 Å². The second-order valence-corrected chi connectivity index (χ2v) is 4.04. The molecule has 0 aromatic carbocycles. The van der Waals surface area contributed by atoms with E-state index in [0.29, 0.717) is 19.4 Å². The molecule has 1 amide bonds. The zero-order valence-electron chi connectivity index (χ0n) is 9.07. The minimum atomic E-state index is -5.86. The maximum absolute atomic E-state index is 12.6. The molecule has 0 aliphatic carbocycles.